The molecule has 0 radical (unpaired) electrons. The molecule has 1 saturated carbocycles. The minimum atomic E-state index is -0.637. The second-order valence-electron chi connectivity index (χ2n) is 5.73. The zero-order valence-corrected chi connectivity index (χ0v) is 12.0. The number of ether oxygens (including phenoxy) is 1. The Morgan fingerprint density at radius 1 is 1.14 bits per heavy atom. The van der Waals surface area contributed by atoms with Gasteiger partial charge in [-0.1, -0.05) is 31.0 Å². The number of rotatable bonds is 4. The first-order chi connectivity index (χ1) is 10.2. The van der Waals surface area contributed by atoms with E-state index in [0.717, 1.165) is 31.4 Å². The smallest absolute Gasteiger partial charge is 0.248 e. The van der Waals surface area contributed by atoms with Crippen molar-refractivity contribution < 1.29 is 14.3 Å². The van der Waals surface area contributed by atoms with Gasteiger partial charge in [0.2, 0.25) is 11.8 Å². The molecule has 21 heavy (non-hydrogen) atoms. The van der Waals surface area contributed by atoms with Crippen LogP contribution in [-0.2, 0) is 9.59 Å². The number of nitrogens with zero attached hydrogens (tertiary/aromatic N) is 1. The van der Waals surface area contributed by atoms with E-state index in [1.54, 1.807) is 4.90 Å². The maximum atomic E-state index is 12.6. The molecule has 3 rings (SSSR count). The molecule has 1 aromatic rings. The fourth-order valence-corrected chi connectivity index (χ4v) is 3.20. The standard InChI is InChI=1S/C16H20N2O3/c19-14-12-18(10-11-21-13-6-2-1-3-7-13)15(20)16(17-14)8-4-5-9-16/h1-3,6-7H,4-5,8-12H2,(H,17,19). The van der Waals surface area contributed by atoms with E-state index in [1.807, 2.05) is 30.3 Å². The lowest BCUT2D eigenvalue weighted by Gasteiger charge is -2.39. The van der Waals surface area contributed by atoms with Crippen LogP contribution in [0.4, 0.5) is 0 Å². The van der Waals surface area contributed by atoms with Crippen LogP contribution >= 0.6 is 0 Å². The molecule has 2 fully saturated rings. The molecule has 2 amide bonds. The molecule has 1 spiro atoms. The summed E-state index contributed by atoms with van der Waals surface area (Å²) in [5.74, 6) is 0.773. The van der Waals surface area contributed by atoms with Gasteiger partial charge in [-0.2, -0.15) is 0 Å². The van der Waals surface area contributed by atoms with Crippen molar-refractivity contribution in [1.82, 2.24) is 10.2 Å². The Balaban J connectivity index is 1.59. The van der Waals surface area contributed by atoms with Crippen molar-refractivity contribution in [1.29, 1.82) is 0 Å². The van der Waals surface area contributed by atoms with Crippen LogP contribution in [0.1, 0.15) is 25.7 Å². The molecule has 1 N–H and O–H groups in total. The Morgan fingerprint density at radius 2 is 1.86 bits per heavy atom. The number of hydrogen-bond donors (Lipinski definition) is 1. The van der Waals surface area contributed by atoms with E-state index in [1.165, 1.54) is 0 Å². The molecule has 5 nitrogen and oxygen atoms in total. The Labute approximate surface area is 124 Å². The summed E-state index contributed by atoms with van der Waals surface area (Å²) in [6, 6.07) is 9.49. The largest absolute Gasteiger partial charge is 0.492 e. The molecule has 0 aromatic heterocycles. The third-order valence-corrected chi connectivity index (χ3v) is 4.24. The molecule has 5 heteroatoms. The summed E-state index contributed by atoms with van der Waals surface area (Å²) < 4.78 is 5.62. The van der Waals surface area contributed by atoms with Crippen LogP contribution in [0, 0.1) is 0 Å². The number of piperazine rings is 1. The minimum absolute atomic E-state index is 0.0521. The number of carbonyl (C=O) groups is 2. The monoisotopic (exact) mass is 288 g/mol. The minimum Gasteiger partial charge on any atom is -0.492 e. The van der Waals surface area contributed by atoms with E-state index in [4.69, 9.17) is 4.74 Å². The fourth-order valence-electron chi connectivity index (χ4n) is 3.20. The summed E-state index contributed by atoms with van der Waals surface area (Å²) in [7, 11) is 0. The molecule has 1 saturated heterocycles. The third kappa shape index (κ3) is 2.86. The lowest BCUT2D eigenvalue weighted by molar-refractivity contribution is -0.150. The topological polar surface area (TPSA) is 58.6 Å². The summed E-state index contributed by atoms with van der Waals surface area (Å²) in [5, 5.41) is 2.91. The van der Waals surface area contributed by atoms with Gasteiger partial charge in [0.05, 0.1) is 13.1 Å². The predicted molar refractivity (Wildman–Crippen MR) is 77.9 cm³/mol. The SMILES string of the molecule is O=C1CN(CCOc2ccccc2)C(=O)C2(CCCC2)N1. The molecular formula is C16H20N2O3. The van der Waals surface area contributed by atoms with E-state index >= 15 is 0 Å². The lowest BCUT2D eigenvalue weighted by Crippen LogP contribution is -2.65. The number of nitrogens with one attached hydrogen (secondary N) is 1. The van der Waals surface area contributed by atoms with Crippen molar-refractivity contribution in [3.05, 3.63) is 30.3 Å². The first-order valence-electron chi connectivity index (χ1n) is 7.48. The van der Waals surface area contributed by atoms with Gasteiger partial charge in [-0.05, 0) is 25.0 Å². The third-order valence-electron chi connectivity index (χ3n) is 4.24. The van der Waals surface area contributed by atoms with Crippen LogP contribution in [0.25, 0.3) is 0 Å². The Bertz CT molecular complexity index is 524. The number of hydrogen-bond acceptors (Lipinski definition) is 3. The number of amides is 2. The maximum absolute atomic E-state index is 12.6. The predicted octanol–water partition coefficient (Wildman–Crippen LogP) is 1.34. The number of carbonyl (C=O) groups excluding carboxylic acids is 2. The lowest BCUT2D eigenvalue weighted by atomic mass is 9.93. The van der Waals surface area contributed by atoms with Crippen LogP contribution in [0.5, 0.6) is 5.75 Å². The Hall–Kier alpha value is -2.04. The quantitative estimate of drug-likeness (QED) is 0.909. The average molecular weight is 288 g/mol. The fraction of sp³-hybridized carbons (Fsp3) is 0.500. The van der Waals surface area contributed by atoms with E-state index in [2.05, 4.69) is 5.32 Å². The summed E-state index contributed by atoms with van der Waals surface area (Å²) in [4.78, 5) is 26.1. The molecule has 1 aliphatic heterocycles. The zero-order valence-electron chi connectivity index (χ0n) is 12.0. The second-order valence-corrected chi connectivity index (χ2v) is 5.73. The van der Waals surface area contributed by atoms with Crippen LogP contribution in [0.2, 0.25) is 0 Å². The van der Waals surface area contributed by atoms with Gasteiger partial charge >= 0.3 is 0 Å². The van der Waals surface area contributed by atoms with Gasteiger partial charge in [0.25, 0.3) is 0 Å². The highest BCUT2D eigenvalue weighted by Crippen LogP contribution is 2.33. The Morgan fingerprint density at radius 3 is 2.57 bits per heavy atom. The average Bonchev–Trinajstić information content (AvgIpc) is 2.94. The molecule has 1 heterocycles. The second kappa shape index (κ2) is 5.76. The summed E-state index contributed by atoms with van der Waals surface area (Å²) in [5.41, 5.74) is -0.637. The highest BCUT2D eigenvalue weighted by Gasteiger charge is 2.48. The van der Waals surface area contributed by atoms with E-state index in [0.29, 0.717) is 13.2 Å². The highest BCUT2D eigenvalue weighted by atomic mass is 16.5. The summed E-state index contributed by atoms with van der Waals surface area (Å²) in [6.45, 7) is 0.987. The first-order valence-corrected chi connectivity index (χ1v) is 7.48. The Kier molecular flexibility index (Phi) is 3.82. The van der Waals surface area contributed by atoms with E-state index in [-0.39, 0.29) is 18.4 Å². The number of para-hydroxylation sites is 1. The van der Waals surface area contributed by atoms with Gasteiger partial charge in [0.15, 0.2) is 0 Å². The molecular weight excluding hydrogens is 268 g/mol. The van der Waals surface area contributed by atoms with Gasteiger partial charge in [0.1, 0.15) is 17.9 Å². The molecule has 0 bridgehead atoms. The molecule has 1 aromatic carbocycles. The van der Waals surface area contributed by atoms with Gasteiger partial charge in [-0.15, -0.1) is 0 Å². The van der Waals surface area contributed by atoms with Gasteiger partial charge in [-0.25, -0.2) is 0 Å². The van der Waals surface area contributed by atoms with Gasteiger partial charge in [0, 0.05) is 0 Å². The number of benzene rings is 1. The van der Waals surface area contributed by atoms with Gasteiger partial charge in [-0.3, -0.25) is 9.59 Å². The molecule has 0 atom stereocenters. The van der Waals surface area contributed by atoms with Crippen molar-refractivity contribution in [3.63, 3.8) is 0 Å². The van der Waals surface area contributed by atoms with Crippen molar-refractivity contribution in [3.8, 4) is 5.75 Å². The van der Waals surface area contributed by atoms with Crippen LogP contribution in [0.15, 0.2) is 30.3 Å². The van der Waals surface area contributed by atoms with Crippen molar-refractivity contribution in [2.75, 3.05) is 19.7 Å². The van der Waals surface area contributed by atoms with Gasteiger partial charge < -0.3 is 15.0 Å². The molecule has 1 aliphatic carbocycles. The summed E-state index contributed by atoms with van der Waals surface area (Å²) in [6.07, 6.45) is 3.52. The summed E-state index contributed by atoms with van der Waals surface area (Å²) >= 11 is 0. The van der Waals surface area contributed by atoms with Crippen LogP contribution in [-0.4, -0.2) is 41.9 Å². The highest BCUT2D eigenvalue weighted by molar-refractivity contribution is 5.98. The zero-order chi connectivity index (χ0) is 14.7. The van der Waals surface area contributed by atoms with E-state index in [9.17, 15) is 9.59 Å². The normalized spacial score (nSPS) is 20.7. The molecule has 112 valence electrons. The van der Waals surface area contributed by atoms with E-state index < -0.39 is 5.54 Å². The molecule has 0 unspecified atom stereocenters. The van der Waals surface area contributed by atoms with Crippen molar-refractivity contribution in [2.24, 2.45) is 0 Å². The van der Waals surface area contributed by atoms with Crippen molar-refractivity contribution >= 4 is 11.8 Å². The molecule has 2 aliphatic rings. The van der Waals surface area contributed by atoms with Crippen LogP contribution < -0.4 is 10.1 Å². The van der Waals surface area contributed by atoms with Crippen molar-refractivity contribution in [2.45, 2.75) is 31.2 Å². The maximum Gasteiger partial charge on any atom is 0.248 e. The first kappa shape index (κ1) is 13.9. The van der Waals surface area contributed by atoms with Crippen LogP contribution in [0.3, 0.4) is 0 Å².